The average molecular weight is 415 g/mol. The summed E-state index contributed by atoms with van der Waals surface area (Å²) in [5, 5.41) is -0.0542. The first kappa shape index (κ1) is 18.0. The lowest BCUT2D eigenvalue weighted by atomic mass is 9.80. The van der Waals surface area contributed by atoms with Gasteiger partial charge in [-0.05, 0) is 35.9 Å². The SMILES string of the molecule is NC1=N[C@]2(COC1)c1cc(-c3cccnc3F)ccc1Oc1c2cc(Cl)nc1F. The summed E-state index contributed by atoms with van der Waals surface area (Å²) in [4.78, 5) is 11.9. The summed E-state index contributed by atoms with van der Waals surface area (Å²) in [5.41, 5.74) is 6.53. The first-order valence-electron chi connectivity index (χ1n) is 8.70. The summed E-state index contributed by atoms with van der Waals surface area (Å²) in [7, 11) is 0. The van der Waals surface area contributed by atoms with Gasteiger partial charge in [0.15, 0.2) is 5.75 Å². The molecule has 1 spiro atoms. The molecule has 9 heteroatoms. The summed E-state index contributed by atoms with van der Waals surface area (Å²) in [5.74, 6) is -0.986. The van der Waals surface area contributed by atoms with Crippen LogP contribution in [-0.4, -0.2) is 29.0 Å². The molecular weight excluding hydrogens is 402 g/mol. The van der Waals surface area contributed by atoms with E-state index in [9.17, 15) is 8.78 Å². The highest BCUT2D eigenvalue weighted by Gasteiger charge is 2.46. The molecule has 3 aromatic rings. The van der Waals surface area contributed by atoms with Crippen molar-refractivity contribution in [3.8, 4) is 22.6 Å². The van der Waals surface area contributed by atoms with E-state index in [0.29, 0.717) is 28.0 Å². The van der Waals surface area contributed by atoms with Crippen LogP contribution >= 0.6 is 11.6 Å². The van der Waals surface area contributed by atoms with Crippen LogP contribution < -0.4 is 10.5 Å². The highest BCUT2D eigenvalue weighted by atomic mass is 35.5. The van der Waals surface area contributed by atoms with Crippen LogP contribution in [0.4, 0.5) is 8.78 Å². The number of nitrogens with zero attached hydrogens (tertiary/aromatic N) is 3. The highest BCUT2D eigenvalue weighted by Crippen LogP contribution is 2.52. The van der Waals surface area contributed by atoms with Crippen LogP contribution in [0.3, 0.4) is 0 Å². The number of aromatic nitrogens is 2. The number of hydrogen-bond acceptors (Lipinski definition) is 6. The molecule has 0 saturated heterocycles. The number of benzene rings is 1. The van der Waals surface area contributed by atoms with Crippen molar-refractivity contribution in [2.24, 2.45) is 10.7 Å². The second-order valence-electron chi connectivity index (χ2n) is 6.72. The van der Waals surface area contributed by atoms with Gasteiger partial charge in [-0.2, -0.15) is 8.78 Å². The fraction of sp³-hybridized carbons (Fsp3) is 0.150. The van der Waals surface area contributed by atoms with Crippen LogP contribution in [-0.2, 0) is 10.3 Å². The minimum atomic E-state index is -1.20. The summed E-state index contributed by atoms with van der Waals surface area (Å²) >= 11 is 6.01. The molecule has 146 valence electrons. The molecular formula is C20H13ClF2N4O2. The minimum absolute atomic E-state index is 0.0542. The summed E-state index contributed by atoms with van der Waals surface area (Å²) in [6.07, 6.45) is 1.37. The Bertz CT molecular complexity index is 1190. The number of amidine groups is 1. The fourth-order valence-electron chi connectivity index (χ4n) is 3.73. The normalized spacial score (nSPS) is 19.9. The summed E-state index contributed by atoms with van der Waals surface area (Å²) in [6, 6.07) is 9.73. The Balaban J connectivity index is 1.80. The minimum Gasteiger partial charge on any atom is -0.452 e. The second-order valence-corrected chi connectivity index (χ2v) is 7.11. The molecule has 2 aliphatic heterocycles. The molecule has 0 amide bonds. The van der Waals surface area contributed by atoms with Crippen molar-refractivity contribution in [1.29, 1.82) is 0 Å². The molecule has 1 aromatic carbocycles. The number of fused-ring (bicyclic) bond motifs is 4. The van der Waals surface area contributed by atoms with Gasteiger partial charge >= 0.3 is 0 Å². The fourth-order valence-corrected chi connectivity index (χ4v) is 3.92. The molecule has 0 bridgehead atoms. The Kier molecular flexibility index (Phi) is 4.01. The zero-order valence-electron chi connectivity index (χ0n) is 14.8. The first-order chi connectivity index (χ1) is 14.0. The van der Waals surface area contributed by atoms with E-state index in [0.717, 1.165) is 0 Å². The van der Waals surface area contributed by atoms with Crippen molar-refractivity contribution in [2.45, 2.75) is 5.54 Å². The maximum atomic E-state index is 14.6. The number of ether oxygens (including phenoxy) is 2. The summed E-state index contributed by atoms with van der Waals surface area (Å²) in [6.45, 7) is 0.224. The molecule has 1 atom stereocenters. The Morgan fingerprint density at radius 2 is 1.97 bits per heavy atom. The van der Waals surface area contributed by atoms with Crippen molar-refractivity contribution in [2.75, 3.05) is 13.2 Å². The molecule has 5 rings (SSSR count). The van der Waals surface area contributed by atoms with Gasteiger partial charge in [0.1, 0.15) is 28.9 Å². The van der Waals surface area contributed by atoms with Gasteiger partial charge in [0, 0.05) is 22.9 Å². The van der Waals surface area contributed by atoms with Crippen molar-refractivity contribution in [3.05, 3.63) is 70.8 Å². The Morgan fingerprint density at radius 3 is 2.76 bits per heavy atom. The Hall–Kier alpha value is -3.10. The predicted octanol–water partition coefficient (Wildman–Crippen LogP) is 3.81. The molecule has 2 N–H and O–H groups in total. The van der Waals surface area contributed by atoms with Crippen LogP contribution in [0.2, 0.25) is 5.15 Å². The van der Waals surface area contributed by atoms with Gasteiger partial charge < -0.3 is 15.2 Å². The Labute approximate surface area is 169 Å². The molecule has 2 aliphatic rings. The molecule has 0 aliphatic carbocycles. The molecule has 0 fully saturated rings. The lowest BCUT2D eigenvalue weighted by molar-refractivity contribution is 0.109. The number of hydrogen-bond donors (Lipinski definition) is 1. The van der Waals surface area contributed by atoms with Gasteiger partial charge in [-0.15, -0.1) is 0 Å². The van der Waals surface area contributed by atoms with Gasteiger partial charge in [0.05, 0.1) is 6.61 Å². The largest absolute Gasteiger partial charge is 0.452 e. The topological polar surface area (TPSA) is 82.6 Å². The molecule has 29 heavy (non-hydrogen) atoms. The van der Waals surface area contributed by atoms with Gasteiger partial charge in [-0.3, -0.25) is 4.99 Å². The third-order valence-electron chi connectivity index (χ3n) is 4.95. The second kappa shape index (κ2) is 6.47. The van der Waals surface area contributed by atoms with E-state index < -0.39 is 17.4 Å². The maximum Gasteiger partial charge on any atom is 0.257 e. The number of rotatable bonds is 1. The summed E-state index contributed by atoms with van der Waals surface area (Å²) < 4.78 is 40.2. The quantitative estimate of drug-likeness (QED) is 0.612. The third-order valence-corrected chi connectivity index (χ3v) is 5.14. The molecule has 0 radical (unpaired) electrons. The molecule has 0 unspecified atom stereocenters. The van der Waals surface area contributed by atoms with E-state index in [4.69, 9.17) is 26.8 Å². The van der Waals surface area contributed by atoms with Gasteiger partial charge in [0.2, 0.25) is 5.95 Å². The van der Waals surface area contributed by atoms with Crippen LogP contribution in [0.1, 0.15) is 11.1 Å². The predicted molar refractivity (Wildman–Crippen MR) is 102 cm³/mol. The lowest BCUT2D eigenvalue weighted by Gasteiger charge is -2.39. The van der Waals surface area contributed by atoms with E-state index in [-0.39, 0.29) is 30.0 Å². The van der Waals surface area contributed by atoms with Gasteiger partial charge in [0.25, 0.3) is 5.95 Å². The zero-order valence-corrected chi connectivity index (χ0v) is 15.6. The zero-order chi connectivity index (χ0) is 20.2. The van der Waals surface area contributed by atoms with E-state index in [1.165, 1.54) is 12.3 Å². The first-order valence-corrected chi connectivity index (χ1v) is 9.07. The van der Waals surface area contributed by atoms with Crippen molar-refractivity contribution in [1.82, 2.24) is 9.97 Å². The number of aliphatic imine (C=N–C) groups is 1. The van der Waals surface area contributed by atoms with Gasteiger partial charge in [-0.25, -0.2) is 9.97 Å². The van der Waals surface area contributed by atoms with Crippen LogP contribution in [0.15, 0.2) is 47.6 Å². The number of pyridine rings is 2. The van der Waals surface area contributed by atoms with Crippen molar-refractivity contribution < 1.29 is 18.3 Å². The highest BCUT2D eigenvalue weighted by molar-refractivity contribution is 6.29. The molecule has 0 saturated carbocycles. The molecule has 6 nitrogen and oxygen atoms in total. The van der Waals surface area contributed by atoms with Gasteiger partial charge in [-0.1, -0.05) is 17.7 Å². The third kappa shape index (κ3) is 2.75. The average Bonchev–Trinajstić information content (AvgIpc) is 2.70. The van der Waals surface area contributed by atoms with Crippen LogP contribution in [0.5, 0.6) is 11.5 Å². The van der Waals surface area contributed by atoms with E-state index >= 15 is 0 Å². The monoisotopic (exact) mass is 414 g/mol. The Morgan fingerprint density at radius 1 is 1.10 bits per heavy atom. The standard InChI is InChI=1S/C20H13ClF2N4O2/c21-15-7-13-17(19(23)26-15)29-14-4-3-10(11-2-1-5-25-18(11)22)6-12(14)20(13)9-28-8-16(24)27-20/h1-7H,8-9H2,(H2,24,27)/t20-/m1/s1. The molecule has 2 aromatic heterocycles. The van der Waals surface area contributed by atoms with Crippen LogP contribution in [0, 0.1) is 11.9 Å². The number of halogens is 3. The molecule has 4 heterocycles. The van der Waals surface area contributed by atoms with E-state index in [2.05, 4.69) is 15.0 Å². The van der Waals surface area contributed by atoms with Crippen LogP contribution in [0.25, 0.3) is 11.1 Å². The number of nitrogens with two attached hydrogens (primary N) is 1. The van der Waals surface area contributed by atoms with Crippen molar-refractivity contribution in [3.63, 3.8) is 0 Å². The smallest absolute Gasteiger partial charge is 0.257 e. The lowest BCUT2D eigenvalue weighted by Crippen LogP contribution is -2.42. The van der Waals surface area contributed by atoms with E-state index in [1.54, 1.807) is 30.3 Å². The van der Waals surface area contributed by atoms with Crippen molar-refractivity contribution >= 4 is 17.4 Å². The van der Waals surface area contributed by atoms with E-state index in [1.807, 2.05) is 0 Å². The maximum absolute atomic E-state index is 14.6.